The predicted octanol–water partition coefficient (Wildman–Crippen LogP) is 2.81. The van der Waals surface area contributed by atoms with E-state index in [1.807, 2.05) is 26.8 Å². The van der Waals surface area contributed by atoms with Gasteiger partial charge in [0.1, 0.15) is 0 Å². The Morgan fingerprint density at radius 2 is 2.00 bits per heavy atom. The van der Waals surface area contributed by atoms with Crippen LogP contribution < -0.4 is 5.32 Å². The zero-order chi connectivity index (χ0) is 12.4. The summed E-state index contributed by atoms with van der Waals surface area (Å²) in [5, 5.41) is 12.5. The van der Waals surface area contributed by atoms with Crippen molar-refractivity contribution < 1.29 is 14.9 Å². The minimum atomic E-state index is 0.350. The maximum atomic E-state index is 9.32. The van der Waals surface area contributed by atoms with Crippen molar-refractivity contribution in [1.29, 1.82) is 0 Å². The average Bonchev–Trinajstić information content (AvgIpc) is 2.30. The lowest BCUT2D eigenvalue weighted by Gasteiger charge is -2.08. The topological polar surface area (TPSA) is 50.7 Å². The van der Waals surface area contributed by atoms with Crippen LogP contribution in [0, 0.1) is 0 Å². The molecular weight excluding hydrogens is 206 g/mol. The Balaban J connectivity index is 4.66. The lowest BCUT2D eigenvalue weighted by Crippen LogP contribution is -2.13. The van der Waals surface area contributed by atoms with Crippen LogP contribution in [0.1, 0.15) is 27.2 Å². The average molecular weight is 227 g/mol. The van der Waals surface area contributed by atoms with E-state index in [9.17, 15) is 5.11 Å². The van der Waals surface area contributed by atoms with Crippen LogP contribution in [0.4, 0.5) is 0 Å². The van der Waals surface area contributed by atoms with E-state index in [-0.39, 0.29) is 0 Å². The molecule has 0 aromatic heterocycles. The lowest BCUT2D eigenvalue weighted by atomic mass is 10.2. The van der Waals surface area contributed by atoms with E-state index in [0.717, 1.165) is 17.8 Å². The number of hydrogen-bond donors (Lipinski definition) is 2. The van der Waals surface area contributed by atoms with E-state index in [1.165, 1.54) is 13.4 Å². The summed E-state index contributed by atoms with van der Waals surface area (Å²) in [5.41, 5.74) is 1.78. The van der Waals surface area contributed by atoms with Gasteiger partial charge >= 0.3 is 0 Å². The van der Waals surface area contributed by atoms with Crippen molar-refractivity contribution in [3.63, 3.8) is 0 Å². The molecule has 0 aliphatic carbocycles. The summed E-state index contributed by atoms with van der Waals surface area (Å²) in [6.07, 6.45) is 5.62. The second-order valence-electron chi connectivity index (χ2n) is 3.19. The van der Waals surface area contributed by atoms with Gasteiger partial charge in [0, 0.05) is 13.0 Å². The number of allylic oxidation sites excluding steroid dienone is 4. The number of aliphatic hydroxyl groups is 1. The Labute approximate surface area is 97.2 Å². The molecule has 0 fully saturated rings. The molecule has 4 nitrogen and oxygen atoms in total. The van der Waals surface area contributed by atoms with Crippen LogP contribution >= 0.6 is 0 Å². The van der Waals surface area contributed by atoms with Crippen LogP contribution in [-0.4, -0.2) is 18.8 Å². The van der Waals surface area contributed by atoms with Crippen molar-refractivity contribution in [2.75, 3.05) is 13.7 Å². The van der Waals surface area contributed by atoms with Gasteiger partial charge in [-0.05, 0) is 25.5 Å². The van der Waals surface area contributed by atoms with Gasteiger partial charge in [0.05, 0.1) is 18.6 Å². The first-order chi connectivity index (χ1) is 7.65. The quantitative estimate of drug-likeness (QED) is 0.304. The minimum absolute atomic E-state index is 0.350. The first-order valence-corrected chi connectivity index (χ1v) is 5.35. The van der Waals surface area contributed by atoms with Crippen molar-refractivity contribution in [2.45, 2.75) is 27.2 Å². The van der Waals surface area contributed by atoms with E-state index >= 15 is 0 Å². The molecule has 0 aliphatic heterocycles. The van der Waals surface area contributed by atoms with Crippen LogP contribution in [0.2, 0.25) is 0 Å². The SMILES string of the molecule is CCNC(=C\OOC)/C(C)=C/C=C(/O)CC. The van der Waals surface area contributed by atoms with E-state index in [1.54, 1.807) is 6.08 Å². The van der Waals surface area contributed by atoms with Crippen LogP contribution in [0.5, 0.6) is 0 Å². The van der Waals surface area contributed by atoms with Crippen molar-refractivity contribution >= 4 is 0 Å². The summed E-state index contributed by atoms with van der Waals surface area (Å²) in [6, 6.07) is 0. The molecule has 0 aromatic carbocycles. The summed E-state index contributed by atoms with van der Waals surface area (Å²) in [7, 11) is 1.45. The lowest BCUT2D eigenvalue weighted by molar-refractivity contribution is -0.223. The molecule has 0 saturated carbocycles. The molecule has 0 heterocycles. The Bertz CT molecular complexity index is 280. The van der Waals surface area contributed by atoms with Gasteiger partial charge in [-0.15, -0.1) is 0 Å². The largest absolute Gasteiger partial charge is 0.512 e. The van der Waals surface area contributed by atoms with Gasteiger partial charge in [-0.25, -0.2) is 0 Å². The first-order valence-electron chi connectivity index (χ1n) is 5.35. The summed E-state index contributed by atoms with van der Waals surface area (Å²) in [4.78, 5) is 9.26. The number of hydrogen-bond acceptors (Lipinski definition) is 4. The number of nitrogens with one attached hydrogen (secondary N) is 1. The molecule has 0 aliphatic rings. The Kier molecular flexibility index (Phi) is 8.07. The van der Waals surface area contributed by atoms with Gasteiger partial charge in [-0.2, -0.15) is 4.89 Å². The smallest absolute Gasteiger partial charge is 0.152 e. The number of likely N-dealkylation sites (N-methyl/N-ethyl adjacent to an activating group) is 1. The molecule has 92 valence electrons. The zero-order valence-electron chi connectivity index (χ0n) is 10.4. The molecule has 4 heteroatoms. The molecule has 0 bridgehead atoms. The minimum Gasteiger partial charge on any atom is -0.512 e. The Morgan fingerprint density at radius 1 is 1.31 bits per heavy atom. The number of aliphatic hydroxyl groups excluding tert-OH is 1. The predicted molar refractivity (Wildman–Crippen MR) is 64.6 cm³/mol. The second kappa shape index (κ2) is 8.85. The van der Waals surface area contributed by atoms with Gasteiger partial charge in [0.15, 0.2) is 6.26 Å². The Hall–Kier alpha value is -1.42. The molecule has 0 amide bonds. The molecule has 0 atom stereocenters. The van der Waals surface area contributed by atoms with Crippen molar-refractivity contribution in [1.82, 2.24) is 5.32 Å². The third kappa shape index (κ3) is 6.14. The van der Waals surface area contributed by atoms with Crippen LogP contribution in [0.15, 0.2) is 35.4 Å². The summed E-state index contributed by atoms with van der Waals surface area (Å²) >= 11 is 0. The highest BCUT2D eigenvalue weighted by Crippen LogP contribution is 2.07. The fourth-order valence-corrected chi connectivity index (χ4v) is 0.990. The fraction of sp³-hybridized carbons (Fsp3) is 0.500. The molecule has 0 unspecified atom stereocenters. The third-order valence-electron chi connectivity index (χ3n) is 1.94. The van der Waals surface area contributed by atoms with Gasteiger partial charge in [0.2, 0.25) is 0 Å². The summed E-state index contributed by atoms with van der Waals surface area (Å²) in [6.45, 7) is 6.60. The maximum absolute atomic E-state index is 9.32. The van der Waals surface area contributed by atoms with Gasteiger partial charge in [0.25, 0.3) is 0 Å². The van der Waals surface area contributed by atoms with E-state index in [0.29, 0.717) is 12.2 Å². The normalized spacial score (nSPS) is 13.9. The first kappa shape index (κ1) is 14.6. The van der Waals surface area contributed by atoms with Crippen molar-refractivity contribution in [2.24, 2.45) is 0 Å². The van der Waals surface area contributed by atoms with Gasteiger partial charge < -0.3 is 15.3 Å². The Morgan fingerprint density at radius 3 is 2.50 bits per heavy atom. The molecule has 0 aromatic rings. The van der Waals surface area contributed by atoms with Crippen molar-refractivity contribution in [3.8, 4) is 0 Å². The van der Waals surface area contributed by atoms with E-state index < -0.39 is 0 Å². The second-order valence-corrected chi connectivity index (χ2v) is 3.19. The maximum Gasteiger partial charge on any atom is 0.152 e. The van der Waals surface area contributed by atoms with E-state index in [2.05, 4.69) is 10.2 Å². The molecular formula is C12H21NO3. The molecule has 0 saturated heterocycles. The summed E-state index contributed by atoms with van der Waals surface area (Å²) < 4.78 is 0. The van der Waals surface area contributed by atoms with Crippen LogP contribution in [0.25, 0.3) is 0 Å². The molecule has 0 spiro atoms. The van der Waals surface area contributed by atoms with Crippen molar-refractivity contribution in [3.05, 3.63) is 35.4 Å². The standard InChI is InChI=1S/C12H21NO3/c1-5-11(14)8-7-10(3)12(13-6-2)9-16-15-4/h7-9,13-14H,5-6H2,1-4H3/b10-7+,11-8+,12-9-. The molecule has 16 heavy (non-hydrogen) atoms. The zero-order valence-corrected chi connectivity index (χ0v) is 10.4. The molecule has 2 N–H and O–H groups in total. The third-order valence-corrected chi connectivity index (χ3v) is 1.94. The molecule has 0 rings (SSSR count). The van der Waals surface area contributed by atoms with E-state index in [4.69, 9.17) is 4.89 Å². The highest BCUT2D eigenvalue weighted by molar-refractivity contribution is 5.30. The van der Waals surface area contributed by atoms with Crippen LogP contribution in [-0.2, 0) is 9.78 Å². The highest BCUT2D eigenvalue weighted by atomic mass is 17.2. The number of rotatable bonds is 7. The monoisotopic (exact) mass is 227 g/mol. The molecule has 0 radical (unpaired) electrons. The highest BCUT2D eigenvalue weighted by Gasteiger charge is 1.98. The fourth-order valence-electron chi connectivity index (χ4n) is 0.990. The van der Waals surface area contributed by atoms with Crippen LogP contribution in [0.3, 0.4) is 0 Å². The van der Waals surface area contributed by atoms with Gasteiger partial charge in [-0.3, -0.25) is 0 Å². The summed E-state index contributed by atoms with van der Waals surface area (Å²) in [5.74, 6) is 0.350. The van der Waals surface area contributed by atoms with Gasteiger partial charge in [-0.1, -0.05) is 13.0 Å².